The highest BCUT2D eigenvalue weighted by molar-refractivity contribution is 5.96. The van der Waals surface area contributed by atoms with Crippen molar-refractivity contribution in [1.82, 2.24) is 10.6 Å². The predicted molar refractivity (Wildman–Crippen MR) is 101 cm³/mol. The fraction of sp³-hybridized carbons (Fsp3) is 0.450. The summed E-state index contributed by atoms with van der Waals surface area (Å²) in [4.78, 5) is 35.1. The minimum atomic E-state index is -0.661. The quantitative estimate of drug-likeness (QED) is 0.565. The molecule has 0 aromatic heterocycles. The van der Waals surface area contributed by atoms with Gasteiger partial charge in [0.15, 0.2) is 6.61 Å². The average molecular weight is 374 g/mol. The van der Waals surface area contributed by atoms with Gasteiger partial charge in [-0.05, 0) is 43.5 Å². The zero-order chi connectivity index (χ0) is 19.5. The molecule has 0 spiro atoms. The molecule has 1 saturated carbocycles. The normalized spacial score (nSPS) is 14.6. The van der Waals surface area contributed by atoms with E-state index in [0.717, 1.165) is 37.0 Å². The first-order valence-corrected chi connectivity index (χ1v) is 9.25. The largest absolute Gasteiger partial charge is 0.494 e. The Morgan fingerprint density at radius 1 is 1.11 bits per heavy atom. The van der Waals surface area contributed by atoms with Crippen molar-refractivity contribution in [2.45, 2.75) is 45.1 Å². The van der Waals surface area contributed by atoms with Crippen LogP contribution in [-0.2, 0) is 14.3 Å². The summed E-state index contributed by atoms with van der Waals surface area (Å²) >= 11 is 0. The molecule has 1 aliphatic carbocycles. The molecule has 0 bridgehead atoms. The van der Waals surface area contributed by atoms with Crippen LogP contribution in [0.4, 0.5) is 4.79 Å². The van der Waals surface area contributed by atoms with Crippen molar-refractivity contribution in [2.75, 3.05) is 13.2 Å². The van der Waals surface area contributed by atoms with Gasteiger partial charge in [0.05, 0.1) is 6.61 Å². The van der Waals surface area contributed by atoms with Crippen LogP contribution in [0.15, 0.2) is 30.3 Å². The second-order valence-electron chi connectivity index (χ2n) is 6.30. The molecule has 3 amide bonds. The zero-order valence-corrected chi connectivity index (χ0v) is 15.5. The van der Waals surface area contributed by atoms with Gasteiger partial charge in [0.1, 0.15) is 5.75 Å². The van der Waals surface area contributed by atoms with Crippen molar-refractivity contribution >= 4 is 24.0 Å². The lowest BCUT2D eigenvalue weighted by molar-refractivity contribution is -0.143. The highest BCUT2D eigenvalue weighted by Gasteiger charge is 2.17. The van der Waals surface area contributed by atoms with E-state index in [2.05, 4.69) is 10.6 Å². The molecular weight excluding hydrogens is 348 g/mol. The van der Waals surface area contributed by atoms with Crippen LogP contribution in [-0.4, -0.2) is 37.2 Å². The van der Waals surface area contributed by atoms with Crippen LogP contribution >= 0.6 is 0 Å². The van der Waals surface area contributed by atoms with Crippen LogP contribution in [0.25, 0.3) is 6.08 Å². The molecular formula is C20H26N2O5. The van der Waals surface area contributed by atoms with Gasteiger partial charge in [-0.2, -0.15) is 0 Å². The molecule has 1 aromatic carbocycles. The fourth-order valence-electron chi connectivity index (χ4n) is 2.82. The first-order chi connectivity index (χ1) is 13.1. The van der Waals surface area contributed by atoms with E-state index in [1.54, 1.807) is 30.3 Å². The van der Waals surface area contributed by atoms with Gasteiger partial charge in [-0.25, -0.2) is 9.59 Å². The van der Waals surface area contributed by atoms with Gasteiger partial charge in [0.25, 0.3) is 5.91 Å². The van der Waals surface area contributed by atoms with E-state index < -0.39 is 24.5 Å². The molecule has 27 heavy (non-hydrogen) atoms. The SMILES string of the molecule is CCOc1ccc(C=CC(=O)OCC(=O)NC(=O)NC2CCCCC2)cc1. The summed E-state index contributed by atoms with van der Waals surface area (Å²) in [5, 5.41) is 4.93. The Balaban J connectivity index is 1.67. The Hall–Kier alpha value is -2.83. The van der Waals surface area contributed by atoms with E-state index in [1.807, 2.05) is 6.92 Å². The number of esters is 1. The topological polar surface area (TPSA) is 93.7 Å². The summed E-state index contributed by atoms with van der Waals surface area (Å²) < 4.78 is 10.2. The maximum absolute atomic E-state index is 11.7. The highest BCUT2D eigenvalue weighted by Crippen LogP contribution is 2.17. The third-order valence-corrected chi connectivity index (χ3v) is 4.14. The maximum Gasteiger partial charge on any atom is 0.331 e. The molecule has 0 atom stereocenters. The molecule has 7 heteroatoms. The monoisotopic (exact) mass is 374 g/mol. The smallest absolute Gasteiger partial charge is 0.331 e. The molecule has 0 aliphatic heterocycles. The third-order valence-electron chi connectivity index (χ3n) is 4.14. The van der Waals surface area contributed by atoms with Crippen LogP contribution in [0.1, 0.15) is 44.6 Å². The Labute approximate surface area is 159 Å². The molecule has 1 aliphatic rings. The second-order valence-corrected chi connectivity index (χ2v) is 6.30. The molecule has 7 nitrogen and oxygen atoms in total. The number of imide groups is 1. The minimum absolute atomic E-state index is 0.103. The number of nitrogens with one attached hydrogen (secondary N) is 2. The van der Waals surface area contributed by atoms with Gasteiger partial charge in [-0.1, -0.05) is 31.4 Å². The van der Waals surface area contributed by atoms with Crippen LogP contribution in [0.3, 0.4) is 0 Å². The maximum atomic E-state index is 11.7. The average Bonchev–Trinajstić information content (AvgIpc) is 2.67. The number of ether oxygens (including phenoxy) is 2. The molecule has 2 N–H and O–H groups in total. The highest BCUT2D eigenvalue weighted by atomic mass is 16.5. The number of benzene rings is 1. The second kappa shape index (κ2) is 11.0. The van der Waals surface area contributed by atoms with Crippen molar-refractivity contribution in [1.29, 1.82) is 0 Å². The minimum Gasteiger partial charge on any atom is -0.494 e. The van der Waals surface area contributed by atoms with Crippen LogP contribution < -0.4 is 15.4 Å². The molecule has 146 valence electrons. The van der Waals surface area contributed by atoms with Crippen LogP contribution in [0.2, 0.25) is 0 Å². The molecule has 0 heterocycles. The lowest BCUT2D eigenvalue weighted by Crippen LogP contribution is -2.46. The lowest BCUT2D eigenvalue weighted by atomic mass is 9.96. The first-order valence-electron chi connectivity index (χ1n) is 9.25. The van der Waals surface area contributed by atoms with Crippen molar-refractivity contribution in [2.24, 2.45) is 0 Å². The number of rotatable bonds is 7. The molecule has 0 saturated heterocycles. The van der Waals surface area contributed by atoms with Gasteiger partial charge >= 0.3 is 12.0 Å². The first kappa shape index (κ1) is 20.5. The molecule has 0 radical (unpaired) electrons. The van der Waals surface area contributed by atoms with E-state index in [-0.39, 0.29) is 6.04 Å². The lowest BCUT2D eigenvalue weighted by Gasteiger charge is -2.22. The molecule has 0 unspecified atom stereocenters. The molecule has 2 rings (SSSR count). The van der Waals surface area contributed by atoms with Gasteiger partial charge in [-0.3, -0.25) is 10.1 Å². The Kier molecular flexibility index (Phi) is 8.35. The Morgan fingerprint density at radius 3 is 2.48 bits per heavy atom. The number of carbonyl (C=O) groups excluding carboxylic acids is 3. The zero-order valence-electron chi connectivity index (χ0n) is 15.5. The van der Waals surface area contributed by atoms with Crippen LogP contribution in [0.5, 0.6) is 5.75 Å². The van der Waals surface area contributed by atoms with Gasteiger partial charge < -0.3 is 14.8 Å². The van der Waals surface area contributed by atoms with Crippen LogP contribution in [0, 0.1) is 0 Å². The number of carbonyl (C=O) groups is 3. The summed E-state index contributed by atoms with van der Waals surface area (Å²) in [5.74, 6) is -0.571. The number of hydrogen-bond donors (Lipinski definition) is 2. The number of amides is 3. The van der Waals surface area contributed by atoms with Crippen molar-refractivity contribution in [3.63, 3.8) is 0 Å². The third kappa shape index (κ3) is 7.94. The van der Waals surface area contributed by atoms with Gasteiger partial charge in [0, 0.05) is 12.1 Å². The standard InChI is InChI=1S/C20H26N2O5/c1-2-26-17-11-8-15(9-12-17)10-13-19(24)27-14-18(23)22-20(25)21-16-6-4-3-5-7-16/h8-13,16H,2-7,14H2,1H3,(H2,21,22,23,25). The summed E-state index contributed by atoms with van der Waals surface area (Å²) in [7, 11) is 0. The summed E-state index contributed by atoms with van der Waals surface area (Å²) in [6, 6.07) is 6.76. The van der Waals surface area contributed by atoms with Crippen molar-refractivity contribution in [3.05, 3.63) is 35.9 Å². The van der Waals surface area contributed by atoms with Crippen molar-refractivity contribution in [3.8, 4) is 5.75 Å². The van der Waals surface area contributed by atoms with E-state index in [1.165, 1.54) is 12.5 Å². The summed E-state index contributed by atoms with van der Waals surface area (Å²) in [5.41, 5.74) is 0.798. The number of urea groups is 1. The van der Waals surface area contributed by atoms with E-state index >= 15 is 0 Å². The van der Waals surface area contributed by atoms with Gasteiger partial charge in [0.2, 0.25) is 0 Å². The van der Waals surface area contributed by atoms with E-state index in [4.69, 9.17) is 9.47 Å². The summed E-state index contributed by atoms with van der Waals surface area (Å²) in [6.45, 7) is 1.98. The van der Waals surface area contributed by atoms with E-state index in [0.29, 0.717) is 6.61 Å². The molecule has 1 fully saturated rings. The fourth-order valence-corrected chi connectivity index (χ4v) is 2.82. The Bertz CT molecular complexity index is 663. The van der Waals surface area contributed by atoms with E-state index in [9.17, 15) is 14.4 Å². The van der Waals surface area contributed by atoms with Crippen molar-refractivity contribution < 1.29 is 23.9 Å². The molecule has 1 aromatic rings. The Morgan fingerprint density at radius 2 is 1.81 bits per heavy atom. The number of hydrogen-bond acceptors (Lipinski definition) is 5. The summed E-state index contributed by atoms with van der Waals surface area (Å²) in [6.07, 6.45) is 7.99. The van der Waals surface area contributed by atoms with Gasteiger partial charge in [-0.15, -0.1) is 0 Å². The predicted octanol–water partition coefficient (Wildman–Crippen LogP) is 2.80.